The quantitative estimate of drug-likeness (QED) is 0.798. The van der Waals surface area contributed by atoms with Crippen molar-refractivity contribution < 1.29 is 4.79 Å². The van der Waals surface area contributed by atoms with Crippen molar-refractivity contribution >= 4 is 23.2 Å². The minimum absolute atomic E-state index is 0.148. The van der Waals surface area contributed by atoms with Crippen LogP contribution in [0.25, 0.3) is 0 Å². The number of piperidine rings is 1. The molecule has 0 radical (unpaired) electrons. The van der Waals surface area contributed by atoms with Gasteiger partial charge in [0.2, 0.25) is 0 Å². The molecule has 18 heavy (non-hydrogen) atoms. The van der Waals surface area contributed by atoms with Crippen LogP contribution in [-0.4, -0.2) is 46.5 Å². The Morgan fingerprint density at radius 2 is 1.78 bits per heavy atom. The number of rotatable bonds is 3. The van der Waals surface area contributed by atoms with Gasteiger partial charge in [0.15, 0.2) is 0 Å². The van der Waals surface area contributed by atoms with Crippen molar-refractivity contribution in [2.45, 2.75) is 51.0 Å². The summed E-state index contributed by atoms with van der Waals surface area (Å²) in [6.07, 6.45) is 8.11. The summed E-state index contributed by atoms with van der Waals surface area (Å²) < 4.78 is 0. The Kier molecular flexibility index (Phi) is 4.80. The molecule has 0 aromatic rings. The molecule has 2 aliphatic rings. The summed E-state index contributed by atoms with van der Waals surface area (Å²) in [6, 6.07) is 0.496. The first kappa shape index (κ1) is 13.6. The van der Waals surface area contributed by atoms with Crippen LogP contribution in [-0.2, 0) is 0 Å². The third kappa shape index (κ3) is 3.34. The number of urea groups is 1. The fourth-order valence-electron chi connectivity index (χ4n) is 3.00. The van der Waals surface area contributed by atoms with Crippen molar-refractivity contribution in [2.75, 3.05) is 19.6 Å². The first-order chi connectivity index (χ1) is 8.68. The highest BCUT2D eigenvalue weighted by Gasteiger charge is 2.30. The van der Waals surface area contributed by atoms with E-state index < -0.39 is 0 Å². The first-order valence-corrected chi connectivity index (χ1v) is 7.43. The number of amides is 2. The fourth-order valence-corrected chi connectivity index (χ4v) is 3.14. The van der Waals surface area contributed by atoms with Crippen LogP contribution in [0.15, 0.2) is 0 Å². The lowest BCUT2D eigenvalue weighted by Crippen LogP contribution is -2.51. The number of hydrogen-bond acceptors (Lipinski definition) is 2. The summed E-state index contributed by atoms with van der Waals surface area (Å²) in [4.78, 5) is 16.9. The van der Waals surface area contributed by atoms with Crippen molar-refractivity contribution in [3.8, 4) is 0 Å². The van der Waals surface area contributed by atoms with E-state index in [0.29, 0.717) is 17.6 Å². The van der Waals surface area contributed by atoms with Crippen LogP contribution in [0.1, 0.15) is 44.9 Å². The maximum Gasteiger partial charge on any atom is 0.320 e. The first-order valence-electron chi connectivity index (χ1n) is 7.02. The lowest BCUT2D eigenvalue weighted by molar-refractivity contribution is 0.133. The molecule has 1 heterocycles. The van der Waals surface area contributed by atoms with E-state index in [1.165, 1.54) is 19.3 Å². The average molecular weight is 269 g/mol. The van der Waals surface area contributed by atoms with Crippen molar-refractivity contribution in [1.29, 1.82) is 0 Å². The average Bonchev–Trinajstić information content (AvgIpc) is 2.89. The minimum Gasteiger partial charge on any atom is -0.392 e. The van der Waals surface area contributed by atoms with Crippen LogP contribution >= 0.6 is 12.2 Å². The second kappa shape index (κ2) is 6.36. The van der Waals surface area contributed by atoms with E-state index in [0.717, 1.165) is 38.8 Å². The third-order valence-corrected chi connectivity index (χ3v) is 4.09. The number of likely N-dealkylation sites (tertiary alicyclic amines) is 1. The Balaban J connectivity index is 2.01. The summed E-state index contributed by atoms with van der Waals surface area (Å²) in [7, 11) is 0. The predicted octanol–water partition coefficient (Wildman–Crippen LogP) is 2.12. The lowest BCUT2D eigenvalue weighted by Gasteiger charge is -2.36. The molecule has 0 atom stereocenters. The molecule has 2 amide bonds. The van der Waals surface area contributed by atoms with E-state index in [2.05, 4.69) is 0 Å². The molecule has 1 saturated heterocycles. The molecule has 2 N–H and O–H groups in total. The van der Waals surface area contributed by atoms with Gasteiger partial charge in [0, 0.05) is 19.1 Å². The van der Waals surface area contributed by atoms with Crippen molar-refractivity contribution in [2.24, 2.45) is 5.73 Å². The van der Waals surface area contributed by atoms with Gasteiger partial charge in [-0.25, -0.2) is 4.79 Å². The van der Waals surface area contributed by atoms with Crippen LogP contribution in [0.3, 0.4) is 0 Å². The molecule has 1 aliphatic carbocycles. The summed E-state index contributed by atoms with van der Waals surface area (Å²) in [5, 5.41) is 0. The van der Waals surface area contributed by atoms with Crippen LogP contribution in [0, 0.1) is 0 Å². The molecule has 0 aromatic heterocycles. The molecule has 1 aliphatic heterocycles. The molecule has 2 rings (SSSR count). The molecule has 0 bridgehead atoms. The Labute approximate surface area is 114 Å². The highest BCUT2D eigenvalue weighted by Crippen LogP contribution is 2.25. The van der Waals surface area contributed by atoms with Gasteiger partial charge in [0.25, 0.3) is 0 Å². The Bertz CT molecular complexity index is 309. The molecule has 1 saturated carbocycles. The van der Waals surface area contributed by atoms with Crippen LogP contribution < -0.4 is 5.73 Å². The van der Waals surface area contributed by atoms with Gasteiger partial charge in [-0.2, -0.15) is 0 Å². The maximum atomic E-state index is 12.6. The van der Waals surface area contributed by atoms with Crippen molar-refractivity contribution in [3.05, 3.63) is 0 Å². The van der Waals surface area contributed by atoms with Crippen LogP contribution in [0.2, 0.25) is 0 Å². The molecular weight excluding hydrogens is 246 g/mol. The van der Waals surface area contributed by atoms with Gasteiger partial charge >= 0.3 is 6.03 Å². The molecule has 5 heteroatoms. The van der Waals surface area contributed by atoms with Crippen molar-refractivity contribution in [1.82, 2.24) is 9.80 Å². The fraction of sp³-hybridized carbons (Fsp3) is 0.846. The second-order valence-corrected chi connectivity index (χ2v) is 5.89. The van der Waals surface area contributed by atoms with E-state index in [4.69, 9.17) is 18.0 Å². The molecule has 102 valence electrons. The zero-order valence-electron chi connectivity index (χ0n) is 10.9. The molecule has 4 nitrogen and oxygen atoms in total. The van der Waals surface area contributed by atoms with Gasteiger partial charge in [-0.05, 0) is 32.1 Å². The third-order valence-electron chi connectivity index (χ3n) is 3.96. The van der Waals surface area contributed by atoms with Crippen molar-refractivity contribution in [3.63, 3.8) is 0 Å². The van der Waals surface area contributed by atoms with Gasteiger partial charge in [0.1, 0.15) is 0 Å². The molecule has 0 unspecified atom stereocenters. The van der Waals surface area contributed by atoms with E-state index >= 15 is 0 Å². The Morgan fingerprint density at radius 1 is 1.17 bits per heavy atom. The number of nitrogens with zero attached hydrogens (tertiary/aromatic N) is 2. The van der Waals surface area contributed by atoms with Gasteiger partial charge in [-0.1, -0.05) is 25.1 Å². The standard InChI is InChI=1S/C13H23N3OS/c14-12(18)10-16(11-6-2-3-7-11)13(17)15-8-4-1-5-9-15/h11H,1-10H2,(H2,14,18). The highest BCUT2D eigenvalue weighted by molar-refractivity contribution is 7.80. The summed E-state index contributed by atoms with van der Waals surface area (Å²) in [5.74, 6) is 0. The maximum absolute atomic E-state index is 12.6. The Hall–Kier alpha value is -0.840. The van der Waals surface area contributed by atoms with E-state index in [1.54, 1.807) is 0 Å². The number of hydrogen-bond donors (Lipinski definition) is 1. The number of thiocarbonyl (C=S) groups is 1. The van der Waals surface area contributed by atoms with E-state index in [9.17, 15) is 4.79 Å². The smallest absolute Gasteiger partial charge is 0.320 e. The highest BCUT2D eigenvalue weighted by atomic mass is 32.1. The molecule has 0 aromatic carbocycles. The molecule has 0 spiro atoms. The zero-order valence-corrected chi connectivity index (χ0v) is 11.8. The van der Waals surface area contributed by atoms with Gasteiger partial charge in [-0.15, -0.1) is 0 Å². The zero-order chi connectivity index (χ0) is 13.0. The normalized spacial score (nSPS) is 21.0. The Morgan fingerprint density at radius 3 is 2.33 bits per heavy atom. The minimum atomic E-state index is 0.148. The summed E-state index contributed by atoms with van der Waals surface area (Å²) in [6.45, 7) is 2.22. The van der Waals surface area contributed by atoms with Crippen LogP contribution in [0.4, 0.5) is 4.79 Å². The van der Waals surface area contributed by atoms with E-state index in [-0.39, 0.29) is 6.03 Å². The predicted molar refractivity (Wildman–Crippen MR) is 76.6 cm³/mol. The van der Waals surface area contributed by atoms with Gasteiger partial charge < -0.3 is 15.5 Å². The summed E-state index contributed by atoms with van der Waals surface area (Å²) >= 11 is 4.99. The van der Waals surface area contributed by atoms with Crippen LogP contribution in [0.5, 0.6) is 0 Å². The lowest BCUT2D eigenvalue weighted by atomic mass is 10.1. The largest absolute Gasteiger partial charge is 0.392 e. The number of carbonyl (C=O) groups is 1. The number of nitrogens with two attached hydrogens (primary N) is 1. The number of carbonyl (C=O) groups excluding carboxylic acids is 1. The molecule has 2 fully saturated rings. The SMILES string of the molecule is NC(=S)CN(C(=O)N1CCCCC1)C1CCCC1. The topological polar surface area (TPSA) is 49.6 Å². The molecular formula is C13H23N3OS. The second-order valence-electron chi connectivity index (χ2n) is 5.36. The van der Waals surface area contributed by atoms with Gasteiger partial charge in [0.05, 0.1) is 11.5 Å². The monoisotopic (exact) mass is 269 g/mol. The van der Waals surface area contributed by atoms with Gasteiger partial charge in [-0.3, -0.25) is 0 Å². The van der Waals surface area contributed by atoms with E-state index in [1.807, 2.05) is 9.80 Å². The summed E-state index contributed by atoms with van der Waals surface area (Å²) in [5.41, 5.74) is 5.65.